The van der Waals surface area contributed by atoms with Crippen molar-refractivity contribution in [1.82, 2.24) is 29.5 Å². The highest BCUT2D eigenvalue weighted by molar-refractivity contribution is 6.03. The largest absolute Gasteiger partial charge is 0.398 e. The predicted octanol–water partition coefficient (Wildman–Crippen LogP) is 0.971. The lowest BCUT2D eigenvalue weighted by atomic mass is 10.1. The number of amides is 1. The van der Waals surface area contributed by atoms with Crippen LogP contribution >= 0.6 is 0 Å². The zero-order valence-electron chi connectivity index (χ0n) is 14.6. The van der Waals surface area contributed by atoms with Crippen molar-refractivity contribution in [3.8, 4) is 0 Å². The molecule has 0 atom stereocenters. The number of fused-ring (bicyclic) bond motifs is 3. The molecular weight excluding hydrogens is 346 g/mol. The Morgan fingerprint density at radius 1 is 1.19 bits per heavy atom. The van der Waals surface area contributed by atoms with E-state index in [1.807, 2.05) is 6.92 Å². The number of benzene rings is 1. The molecule has 0 aliphatic heterocycles. The van der Waals surface area contributed by atoms with Gasteiger partial charge in [0.15, 0.2) is 0 Å². The first-order valence-corrected chi connectivity index (χ1v) is 8.42. The third-order valence-electron chi connectivity index (χ3n) is 4.40. The highest BCUT2D eigenvalue weighted by Crippen LogP contribution is 2.22. The highest BCUT2D eigenvalue weighted by Gasteiger charge is 2.16. The first-order chi connectivity index (χ1) is 13.1. The quantitative estimate of drug-likeness (QED) is 0.521. The second-order valence-electron chi connectivity index (χ2n) is 6.04. The Hall–Kier alpha value is -3.75. The van der Waals surface area contributed by atoms with Crippen molar-refractivity contribution < 1.29 is 4.79 Å². The number of carbonyl (C=O) groups excluding carboxylic acids is 1. The van der Waals surface area contributed by atoms with Gasteiger partial charge in [-0.3, -0.25) is 9.59 Å². The Balaban J connectivity index is 1.80. The van der Waals surface area contributed by atoms with E-state index in [1.54, 1.807) is 45.9 Å². The first-order valence-electron chi connectivity index (χ1n) is 8.42. The van der Waals surface area contributed by atoms with Crippen molar-refractivity contribution in [2.24, 2.45) is 0 Å². The molecule has 0 saturated carbocycles. The van der Waals surface area contributed by atoms with Gasteiger partial charge < -0.3 is 15.6 Å². The average molecular weight is 363 g/mol. The van der Waals surface area contributed by atoms with Crippen molar-refractivity contribution >= 4 is 28.1 Å². The molecule has 0 spiro atoms. The van der Waals surface area contributed by atoms with Gasteiger partial charge in [-0.2, -0.15) is 5.10 Å². The number of aryl methyl sites for hydroxylation is 1. The van der Waals surface area contributed by atoms with Gasteiger partial charge in [0.05, 0.1) is 22.8 Å². The fourth-order valence-corrected chi connectivity index (χ4v) is 3.09. The van der Waals surface area contributed by atoms with E-state index in [0.717, 1.165) is 5.56 Å². The van der Waals surface area contributed by atoms with Gasteiger partial charge >= 0.3 is 0 Å². The van der Waals surface area contributed by atoms with Crippen LogP contribution in [0.25, 0.3) is 16.6 Å². The smallest absolute Gasteiger partial charge is 0.277 e. The molecule has 27 heavy (non-hydrogen) atoms. The van der Waals surface area contributed by atoms with Gasteiger partial charge in [0.2, 0.25) is 0 Å². The SMILES string of the molecule is CCn1c(=O)c2ccnn2c2cc(N)c(C(=O)NCc3cncnc3)cc21. The number of hydrogen-bond acceptors (Lipinski definition) is 6. The van der Waals surface area contributed by atoms with E-state index in [9.17, 15) is 9.59 Å². The molecule has 4 rings (SSSR count). The normalized spacial score (nSPS) is 11.1. The standard InChI is InChI=1S/C18H17N7O2/c1-2-24-15-5-12(17(26)22-9-11-7-20-10-21-8-11)13(19)6-16(15)25-14(18(24)27)3-4-23-25/h3-8,10H,2,9,19H2,1H3,(H,22,26). The van der Waals surface area contributed by atoms with Gasteiger partial charge in [0.1, 0.15) is 11.8 Å². The van der Waals surface area contributed by atoms with Crippen LogP contribution in [-0.2, 0) is 13.1 Å². The molecule has 1 amide bonds. The summed E-state index contributed by atoms with van der Waals surface area (Å²) >= 11 is 0. The van der Waals surface area contributed by atoms with Crippen LogP contribution in [0.3, 0.4) is 0 Å². The van der Waals surface area contributed by atoms with Gasteiger partial charge in [0, 0.05) is 36.7 Å². The minimum atomic E-state index is -0.339. The van der Waals surface area contributed by atoms with Crippen molar-refractivity contribution in [2.75, 3.05) is 5.73 Å². The zero-order valence-corrected chi connectivity index (χ0v) is 14.6. The van der Waals surface area contributed by atoms with E-state index in [4.69, 9.17) is 5.73 Å². The van der Waals surface area contributed by atoms with Crippen molar-refractivity contribution in [3.05, 3.63) is 64.6 Å². The van der Waals surface area contributed by atoms with E-state index in [2.05, 4.69) is 20.4 Å². The molecule has 136 valence electrons. The molecule has 0 aliphatic rings. The van der Waals surface area contributed by atoms with Gasteiger partial charge in [-0.25, -0.2) is 14.5 Å². The van der Waals surface area contributed by atoms with E-state index in [-0.39, 0.29) is 18.0 Å². The lowest BCUT2D eigenvalue weighted by Gasteiger charge is -2.13. The summed E-state index contributed by atoms with van der Waals surface area (Å²) < 4.78 is 3.15. The maximum atomic E-state index is 12.7. The number of rotatable bonds is 4. The second kappa shape index (κ2) is 6.52. The lowest BCUT2D eigenvalue weighted by Crippen LogP contribution is -2.26. The Bertz CT molecular complexity index is 1210. The molecule has 9 heteroatoms. The Morgan fingerprint density at radius 3 is 2.70 bits per heavy atom. The fourth-order valence-electron chi connectivity index (χ4n) is 3.09. The summed E-state index contributed by atoms with van der Waals surface area (Å²) in [6, 6.07) is 4.96. The predicted molar refractivity (Wildman–Crippen MR) is 100 cm³/mol. The van der Waals surface area contributed by atoms with Crippen molar-refractivity contribution in [3.63, 3.8) is 0 Å². The van der Waals surface area contributed by atoms with E-state index in [0.29, 0.717) is 34.3 Å². The molecule has 0 bridgehead atoms. The molecular formula is C18H17N7O2. The third-order valence-corrected chi connectivity index (χ3v) is 4.40. The molecule has 3 heterocycles. The number of hydrogen-bond donors (Lipinski definition) is 2. The van der Waals surface area contributed by atoms with E-state index < -0.39 is 0 Å². The summed E-state index contributed by atoms with van der Waals surface area (Å²) in [7, 11) is 0. The monoisotopic (exact) mass is 363 g/mol. The van der Waals surface area contributed by atoms with E-state index in [1.165, 1.54) is 6.33 Å². The van der Waals surface area contributed by atoms with Gasteiger partial charge in [-0.15, -0.1) is 0 Å². The number of nitrogens with two attached hydrogens (primary N) is 1. The Labute approximate surface area is 153 Å². The van der Waals surface area contributed by atoms with Crippen LogP contribution in [0.5, 0.6) is 0 Å². The third kappa shape index (κ3) is 2.78. The summed E-state index contributed by atoms with van der Waals surface area (Å²) in [4.78, 5) is 33.1. The molecule has 0 radical (unpaired) electrons. The minimum absolute atomic E-state index is 0.167. The second-order valence-corrected chi connectivity index (χ2v) is 6.04. The molecule has 1 aromatic carbocycles. The van der Waals surface area contributed by atoms with Crippen LogP contribution in [0.4, 0.5) is 5.69 Å². The molecule has 4 aromatic rings. The topological polar surface area (TPSA) is 120 Å². The number of nitrogen functional groups attached to an aromatic ring is 1. The van der Waals surface area contributed by atoms with Crippen LogP contribution in [0, 0.1) is 0 Å². The maximum Gasteiger partial charge on any atom is 0.277 e. The lowest BCUT2D eigenvalue weighted by molar-refractivity contribution is 0.0952. The number of nitrogens with one attached hydrogen (secondary N) is 1. The van der Waals surface area contributed by atoms with Crippen LogP contribution in [0.2, 0.25) is 0 Å². The number of carbonyl (C=O) groups is 1. The Kier molecular flexibility index (Phi) is 4.03. The first kappa shape index (κ1) is 16.7. The number of nitrogens with zero attached hydrogens (tertiary/aromatic N) is 5. The van der Waals surface area contributed by atoms with Crippen molar-refractivity contribution in [2.45, 2.75) is 20.0 Å². The summed E-state index contributed by atoms with van der Waals surface area (Å²) in [6.45, 7) is 2.61. The Morgan fingerprint density at radius 2 is 1.96 bits per heavy atom. The molecule has 0 aliphatic carbocycles. The average Bonchev–Trinajstić information content (AvgIpc) is 3.18. The summed E-state index contributed by atoms with van der Waals surface area (Å²) in [5, 5.41) is 7.00. The summed E-state index contributed by atoms with van der Waals surface area (Å²) in [5.74, 6) is -0.339. The molecule has 0 fully saturated rings. The number of aromatic nitrogens is 5. The molecule has 0 saturated heterocycles. The van der Waals surface area contributed by atoms with Gasteiger partial charge in [-0.05, 0) is 25.1 Å². The summed E-state index contributed by atoms with van der Waals surface area (Å²) in [6.07, 6.45) is 6.24. The maximum absolute atomic E-state index is 12.7. The zero-order chi connectivity index (χ0) is 19.0. The molecule has 3 aromatic heterocycles. The van der Waals surface area contributed by atoms with Crippen LogP contribution in [-0.4, -0.2) is 30.1 Å². The minimum Gasteiger partial charge on any atom is -0.398 e. The van der Waals surface area contributed by atoms with Crippen molar-refractivity contribution in [1.29, 1.82) is 0 Å². The van der Waals surface area contributed by atoms with Crippen LogP contribution < -0.4 is 16.6 Å². The molecule has 3 N–H and O–H groups in total. The number of anilines is 1. The highest BCUT2D eigenvalue weighted by atomic mass is 16.1. The van der Waals surface area contributed by atoms with Crippen LogP contribution in [0.1, 0.15) is 22.8 Å². The van der Waals surface area contributed by atoms with Gasteiger partial charge in [-0.1, -0.05) is 0 Å². The molecule has 9 nitrogen and oxygen atoms in total. The van der Waals surface area contributed by atoms with Crippen LogP contribution in [0.15, 0.2) is 47.9 Å². The van der Waals surface area contributed by atoms with E-state index >= 15 is 0 Å². The fraction of sp³-hybridized carbons (Fsp3) is 0.167. The summed E-state index contributed by atoms with van der Waals surface area (Å²) in [5.41, 5.74) is 9.07. The molecule has 0 unspecified atom stereocenters. The van der Waals surface area contributed by atoms with Gasteiger partial charge in [0.25, 0.3) is 11.5 Å².